The van der Waals surface area contributed by atoms with Gasteiger partial charge in [0.25, 0.3) is 0 Å². The SMILES string of the molecule is CNS(=O)(=O)c1ccc(N)c(N(C)C2CCOC2)c1. The van der Waals surface area contributed by atoms with Gasteiger partial charge in [0.1, 0.15) is 0 Å². The fourth-order valence-corrected chi connectivity index (χ4v) is 2.89. The third kappa shape index (κ3) is 2.83. The molecule has 1 aromatic carbocycles. The second-order valence-electron chi connectivity index (χ2n) is 4.56. The highest BCUT2D eigenvalue weighted by atomic mass is 32.2. The molecule has 3 N–H and O–H groups in total. The van der Waals surface area contributed by atoms with Crippen LogP contribution in [0.2, 0.25) is 0 Å². The van der Waals surface area contributed by atoms with Crippen LogP contribution in [0.5, 0.6) is 0 Å². The van der Waals surface area contributed by atoms with Crippen LogP contribution in [-0.2, 0) is 14.8 Å². The van der Waals surface area contributed by atoms with Gasteiger partial charge in [-0.05, 0) is 31.7 Å². The second-order valence-corrected chi connectivity index (χ2v) is 6.44. The fourth-order valence-electron chi connectivity index (χ4n) is 2.14. The zero-order valence-electron chi connectivity index (χ0n) is 11.1. The van der Waals surface area contributed by atoms with E-state index in [1.54, 1.807) is 12.1 Å². The number of likely N-dealkylation sites (N-methyl/N-ethyl adjacent to an activating group) is 1. The van der Waals surface area contributed by atoms with E-state index in [-0.39, 0.29) is 10.9 Å². The number of anilines is 2. The predicted molar refractivity (Wildman–Crippen MR) is 74.7 cm³/mol. The molecule has 1 atom stereocenters. The molecule has 19 heavy (non-hydrogen) atoms. The summed E-state index contributed by atoms with van der Waals surface area (Å²) in [5, 5.41) is 0. The van der Waals surface area contributed by atoms with Crippen molar-refractivity contribution >= 4 is 21.4 Å². The molecule has 7 heteroatoms. The normalized spacial score (nSPS) is 19.6. The Bertz CT molecular complexity index is 553. The van der Waals surface area contributed by atoms with Gasteiger partial charge in [0.15, 0.2) is 0 Å². The maximum Gasteiger partial charge on any atom is 0.240 e. The lowest BCUT2D eigenvalue weighted by atomic mass is 10.2. The number of nitrogens with two attached hydrogens (primary N) is 1. The smallest absolute Gasteiger partial charge is 0.240 e. The van der Waals surface area contributed by atoms with Gasteiger partial charge < -0.3 is 15.4 Å². The van der Waals surface area contributed by atoms with Crippen LogP contribution in [0.25, 0.3) is 0 Å². The number of sulfonamides is 1. The first-order valence-corrected chi connectivity index (χ1v) is 7.57. The molecule has 0 amide bonds. The van der Waals surface area contributed by atoms with E-state index in [1.165, 1.54) is 13.1 Å². The molecular formula is C12H19N3O3S. The topological polar surface area (TPSA) is 84.7 Å². The van der Waals surface area contributed by atoms with Crippen molar-refractivity contribution in [2.45, 2.75) is 17.4 Å². The minimum Gasteiger partial charge on any atom is -0.397 e. The first kappa shape index (κ1) is 14.1. The van der Waals surface area contributed by atoms with Gasteiger partial charge in [0.2, 0.25) is 10.0 Å². The number of benzene rings is 1. The van der Waals surface area contributed by atoms with Crippen LogP contribution in [0.4, 0.5) is 11.4 Å². The maximum atomic E-state index is 11.8. The summed E-state index contributed by atoms with van der Waals surface area (Å²) in [6, 6.07) is 4.95. The van der Waals surface area contributed by atoms with E-state index < -0.39 is 10.0 Å². The molecule has 0 spiro atoms. The standard InChI is InChI=1S/C12H19N3O3S/c1-14-19(16,17)10-3-4-11(13)12(7-10)15(2)9-5-6-18-8-9/h3-4,7,9,14H,5-6,8,13H2,1-2H3. The van der Waals surface area contributed by atoms with Gasteiger partial charge in [0, 0.05) is 13.7 Å². The van der Waals surface area contributed by atoms with Crippen molar-refractivity contribution in [3.05, 3.63) is 18.2 Å². The molecule has 6 nitrogen and oxygen atoms in total. The number of nitrogens with zero attached hydrogens (tertiary/aromatic N) is 1. The first-order chi connectivity index (χ1) is 8.95. The Labute approximate surface area is 113 Å². The van der Waals surface area contributed by atoms with Crippen LogP contribution in [0, 0.1) is 0 Å². The van der Waals surface area contributed by atoms with Gasteiger partial charge >= 0.3 is 0 Å². The van der Waals surface area contributed by atoms with E-state index in [2.05, 4.69) is 4.72 Å². The third-order valence-corrected chi connectivity index (χ3v) is 4.83. The molecule has 0 saturated carbocycles. The number of nitrogens with one attached hydrogen (secondary N) is 1. The van der Waals surface area contributed by atoms with Crippen LogP contribution in [0.1, 0.15) is 6.42 Å². The van der Waals surface area contributed by atoms with E-state index in [9.17, 15) is 8.42 Å². The van der Waals surface area contributed by atoms with Crippen molar-refractivity contribution in [2.24, 2.45) is 0 Å². The molecule has 2 rings (SSSR count). The molecule has 0 aliphatic carbocycles. The fraction of sp³-hybridized carbons (Fsp3) is 0.500. The second kappa shape index (κ2) is 5.36. The van der Waals surface area contributed by atoms with Crippen molar-refractivity contribution in [1.82, 2.24) is 4.72 Å². The molecule has 1 saturated heterocycles. The first-order valence-electron chi connectivity index (χ1n) is 6.09. The van der Waals surface area contributed by atoms with E-state index in [0.717, 1.165) is 13.0 Å². The van der Waals surface area contributed by atoms with Gasteiger partial charge in [-0.1, -0.05) is 0 Å². The summed E-state index contributed by atoms with van der Waals surface area (Å²) >= 11 is 0. The van der Waals surface area contributed by atoms with Gasteiger partial charge in [-0.2, -0.15) is 0 Å². The molecule has 106 valence electrons. The molecule has 1 aliphatic rings. The molecule has 1 aliphatic heterocycles. The Balaban J connectivity index is 2.36. The van der Waals surface area contributed by atoms with E-state index in [1.807, 2.05) is 11.9 Å². The molecular weight excluding hydrogens is 266 g/mol. The van der Waals surface area contributed by atoms with E-state index >= 15 is 0 Å². The monoisotopic (exact) mass is 285 g/mol. The highest BCUT2D eigenvalue weighted by Crippen LogP contribution is 2.28. The summed E-state index contributed by atoms with van der Waals surface area (Å²) in [5.41, 5.74) is 7.22. The molecule has 1 aromatic rings. The minimum atomic E-state index is -3.46. The van der Waals surface area contributed by atoms with Crippen molar-refractivity contribution in [1.29, 1.82) is 0 Å². The van der Waals surface area contributed by atoms with Crippen LogP contribution in [0.3, 0.4) is 0 Å². The third-order valence-electron chi connectivity index (χ3n) is 3.41. The van der Waals surface area contributed by atoms with Crippen molar-refractivity contribution in [3.63, 3.8) is 0 Å². The Kier molecular flexibility index (Phi) is 3.98. The summed E-state index contributed by atoms with van der Waals surface area (Å²) in [7, 11) is -0.166. The molecule has 0 bridgehead atoms. The van der Waals surface area contributed by atoms with Gasteiger partial charge in [-0.25, -0.2) is 13.1 Å². The summed E-state index contributed by atoms with van der Waals surface area (Å²) < 4.78 is 31.3. The number of hydrogen-bond donors (Lipinski definition) is 2. The average molecular weight is 285 g/mol. The zero-order valence-corrected chi connectivity index (χ0v) is 11.9. The highest BCUT2D eigenvalue weighted by molar-refractivity contribution is 7.89. The summed E-state index contributed by atoms with van der Waals surface area (Å²) in [6.45, 7) is 1.36. The maximum absolute atomic E-state index is 11.8. The Morgan fingerprint density at radius 1 is 1.47 bits per heavy atom. The Morgan fingerprint density at radius 2 is 2.21 bits per heavy atom. The quantitative estimate of drug-likeness (QED) is 0.782. The summed E-state index contributed by atoms with van der Waals surface area (Å²) in [5.74, 6) is 0. The van der Waals surface area contributed by atoms with Crippen LogP contribution >= 0.6 is 0 Å². The summed E-state index contributed by atoms with van der Waals surface area (Å²) in [4.78, 5) is 2.20. The minimum absolute atomic E-state index is 0.213. The van der Waals surface area contributed by atoms with Gasteiger partial charge in [-0.3, -0.25) is 0 Å². The van der Waals surface area contributed by atoms with Crippen molar-refractivity contribution < 1.29 is 13.2 Å². The van der Waals surface area contributed by atoms with E-state index in [0.29, 0.717) is 18.0 Å². The number of rotatable bonds is 4. The molecule has 0 radical (unpaired) electrons. The zero-order chi connectivity index (χ0) is 14.0. The van der Waals surface area contributed by atoms with Crippen molar-refractivity contribution in [3.8, 4) is 0 Å². The molecule has 1 fully saturated rings. The lowest BCUT2D eigenvalue weighted by molar-refractivity contribution is 0.193. The van der Waals surface area contributed by atoms with Crippen LogP contribution < -0.4 is 15.4 Å². The van der Waals surface area contributed by atoms with Crippen LogP contribution in [-0.4, -0.2) is 41.8 Å². The van der Waals surface area contributed by atoms with E-state index in [4.69, 9.17) is 10.5 Å². The Hall–Kier alpha value is -1.31. The van der Waals surface area contributed by atoms with Crippen molar-refractivity contribution in [2.75, 3.05) is 37.9 Å². The molecule has 1 heterocycles. The largest absolute Gasteiger partial charge is 0.397 e. The lowest BCUT2D eigenvalue weighted by Crippen LogP contribution is -2.32. The summed E-state index contributed by atoms with van der Waals surface area (Å²) in [6.07, 6.45) is 0.916. The number of hydrogen-bond acceptors (Lipinski definition) is 5. The Morgan fingerprint density at radius 3 is 2.79 bits per heavy atom. The number of nitrogen functional groups attached to an aromatic ring is 1. The highest BCUT2D eigenvalue weighted by Gasteiger charge is 2.23. The molecule has 0 aromatic heterocycles. The van der Waals surface area contributed by atoms with Gasteiger partial charge in [0.05, 0.1) is 28.9 Å². The number of ether oxygens (including phenoxy) is 1. The predicted octanol–water partition coefficient (Wildman–Crippen LogP) is 0.402. The van der Waals surface area contributed by atoms with Crippen LogP contribution in [0.15, 0.2) is 23.1 Å². The lowest BCUT2D eigenvalue weighted by Gasteiger charge is -2.27. The average Bonchev–Trinajstić information content (AvgIpc) is 2.92. The van der Waals surface area contributed by atoms with Gasteiger partial charge in [-0.15, -0.1) is 0 Å². The molecule has 1 unspecified atom stereocenters.